The van der Waals surface area contributed by atoms with E-state index in [4.69, 9.17) is 0 Å². The molecule has 5 nitrogen and oxygen atoms in total. The van der Waals surface area contributed by atoms with Gasteiger partial charge in [0.15, 0.2) is 5.13 Å². The number of carbonyl (C=O) groups excluding carboxylic acids is 2. The van der Waals surface area contributed by atoms with Crippen molar-refractivity contribution in [3.05, 3.63) is 10.6 Å². The molecule has 0 saturated carbocycles. The number of hydrogen-bond acceptors (Lipinski definition) is 4. The third-order valence-corrected chi connectivity index (χ3v) is 2.87. The normalized spacial score (nSPS) is 9.80. The van der Waals surface area contributed by atoms with Crippen molar-refractivity contribution < 1.29 is 9.59 Å². The van der Waals surface area contributed by atoms with E-state index >= 15 is 0 Å². The predicted octanol–water partition coefficient (Wildman–Crippen LogP) is 1.16. The summed E-state index contributed by atoms with van der Waals surface area (Å²) >= 11 is 1.18. The average Bonchev–Trinajstić information content (AvgIpc) is 2.58. The van der Waals surface area contributed by atoms with Crippen molar-refractivity contribution >= 4 is 28.3 Å². The zero-order valence-corrected chi connectivity index (χ0v) is 9.70. The molecule has 0 radical (unpaired) electrons. The molecule has 0 saturated heterocycles. The summed E-state index contributed by atoms with van der Waals surface area (Å²) in [5, 5.41) is 5.61. The van der Waals surface area contributed by atoms with Crippen LogP contribution in [0.3, 0.4) is 0 Å². The number of hydrogen-bond donors (Lipinski definition) is 2. The van der Waals surface area contributed by atoms with Gasteiger partial charge in [0.05, 0.1) is 5.69 Å². The molecule has 0 aliphatic carbocycles. The van der Waals surface area contributed by atoms with Gasteiger partial charge in [0.25, 0.3) is 5.91 Å². The summed E-state index contributed by atoms with van der Waals surface area (Å²) in [6, 6.07) is 0. The van der Waals surface area contributed by atoms with Gasteiger partial charge in [-0.15, -0.1) is 0 Å². The lowest BCUT2D eigenvalue weighted by molar-refractivity contribution is -0.115. The predicted molar refractivity (Wildman–Crippen MR) is 59.2 cm³/mol. The first kappa shape index (κ1) is 11.6. The largest absolute Gasteiger partial charge is 0.354 e. The minimum absolute atomic E-state index is 0.104. The van der Waals surface area contributed by atoms with Crippen LogP contribution in [-0.4, -0.2) is 23.8 Å². The SMILES string of the molecule is CCC(=O)Nc1nc(C)c(C(=O)NC)s1. The van der Waals surface area contributed by atoms with Crippen LogP contribution in [0.25, 0.3) is 0 Å². The van der Waals surface area contributed by atoms with Crippen LogP contribution in [0.5, 0.6) is 0 Å². The Morgan fingerprint density at radius 3 is 2.67 bits per heavy atom. The molecule has 1 heterocycles. The number of aromatic nitrogens is 1. The lowest BCUT2D eigenvalue weighted by Crippen LogP contribution is -2.17. The van der Waals surface area contributed by atoms with Gasteiger partial charge in [-0.3, -0.25) is 9.59 Å². The van der Waals surface area contributed by atoms with Crippen molar-refractivity contribution in [3.63, 3.8) is 0 Å². The average molecular weight is 227 g/mol. The molecule has 0 spiro atoms. The molecular weight excluding hydrogens is 214 g/mol. The molecule has 1 aromatic heterocycles. The van der Waals surface area contributed by atoms with E-state index in [9.17, 15) is 9.59 Å². The number of carbonyl (C=O) groups is 2. The molecule has 6 heteroatoms. The molecule has 2 amide bonds. The van der Waals surface area contributed by atoms with Gasteiger partial charge in [0.2, 0.25) is 5.91 Å². The van der Waals surface area contributed by atoms with Crippen molar-refractivity contribution in [1.29, 1.82) is 0 Å². The number of nitrogens with zero attached hydrogens (tertiary/aromatic N) is 1. The van der Waals surface area contributed by atoms with Crippen LogP contribution in [0.4, 0.5) is 5.13 Å². The van der Waals surface area contributed by atoms with E-state index < -0.39 is 0 Å². The quantitative estimate of drug-likeness (QED) is 0.814. The highest BCUT2D eigenvalue weighted by atomic mass is 32.1. The molecule has 0 unspecified atom stereocenters. The molecule has 0 aliphatic rings. The molecule has 15 heavy (non-hydrogen) atoms. The zero-order valence-electron chi connectivity index (χ0n) is 8.88. The monoisotopic (exact) mass is 227 g/mol. The molecule has 0 fully saturated rings. The number of amides is 2. The van der Waals surface area contributed by atoms with Crippen molar-refractivity contribution in [2.75, 3.05) is 12.4 Å². The summed E-state index contributed by atoms with van der Waals surface area (Å²) in [5.41, 5.74) is 0.630. The van der Waals surface area contributed by atoms with Crippen molar-refractivity contribution in [2.45, 2.75) is 20.3 Å². The zero-order chi connectivity index (χ0) is 11.4. The first-order chi connectivity index (χ1) is 7.08. The Bertz CT molecular complexity index is 387. The van der Waals surface area contributed by atoms with E-state index in [0.29, 0.717) is 22.1 Å². The second-order valence-electron chi connectivity index (χ2n) is 2.91. The number of anilines is 1. The van der Waals surface area contributed by atoms with Crippen LogP contribution in [-0.2, 0) is 4.79 Å². The topological polar surface area (TPSA) is 71.1 Å². The second-order valence-corrected chi connectivity index (χ2v) is 3.91. The van der Waals surface area contributed by atoms with Crippen LogP contribution in [0.15, 0.2) is 0 Å². The molecule has 0 bridgehead atoms. The highest BCUT2D eigenvalue weighted by molar-refractivity contribution is 7.17. The molecule has 0 atom stereocenters. The minimum Gasteiger partial charge on any atom is -0.354 e. The summed E-state index contributed by atoms with van der Waals surface area (Å²) in [6.07, 6.45) is 0.397. The van der Waals surface area contributed by atoms with E-state index in [1.165, 1.54) is 11.3 Å². The smallest absolute Gasteiger partial charge is 0.263 e. The van der Waals surface area contributed by atoms with Gasteiger partial charge in [0.1, 0.15) is 4.88 Å². The highest BCUT2D eigenvalue weighted by Gasteiger charge is 2.14. The lowest BCUT2D eigenvalue weighted by Gasteiger charge is -1.95. The first-order valence-corrected chi connectivity index (χ1v) is 5.39. The highest BCUT2D eigenvalue weighted by Crippen LogP contribution is 2.22. The summed E-state index contributed by atoms with van der Waals surface area (Å²) in [5.74, 6) is -0.283. The summed E-state index contributed by atoms with van der Waals surface area (Å²) < 4.78 is 0. The maximum absolute atomic E-state index is 11.3. The van der Waals surface area contributed by atoms with E-state index in [1.54, 1.807) is 20.9 Å². The van der Waals surface area contributed by atoms with Crippen LogP contribution < -0.4 is 10.6 Å². The molecular formula is C9H13N3O2S. The third-order valence-electron chi connectivity index (χ3n) is 1.80. The minimum atomic E-state index is -0.179. The Balaban J connectivity index is 2.86. The Morgan fingerprint density at radius 2 is 2.13 bits per heavy atom. The lowest BCUT2D eigenvalue weighted by atomic mass is 10.4. The van der Waals surface area contributed by atoms with Crippen molar-refractivity contribution in [3.8, 4) is 0 Å². The molecule has 0 aliphatic heterocycles. The fourth-order valence-corrected chi connectivity index (χ4v) is 1.91. The van der Waals surface area contributed by atoms with E-state index in [-0.39, 0.29) is 11.8 Å². The van der Waals surface area contributed by atoms with Gasteiger partial charge in [0, 0.05) is 13.5 Å². The van der Waals surface area contributed by atoms with Gasteiger partial charge in [-0.1, -0.05) is 18.3 Å². The van der Waals surface area contributed by atoms with Gasteiger partial charge >= 0.3 is 0 Å². The third kappa shape index (κ3) is 2.76. The van der Waals surface area contributed by atoms with Crippen molar-refractivity contribution in [2.24, 2.45) is 0 Å². The van der Waals surface area contributed by atoms with E-state index in [1.807, 2.05) is 0 Å². The fraction of sp³-hybridized carbons (Fsp3) is 0.444. The molecule has 82 valence electrons. The van der Waals surface area contributed by atoms with Gasteiger partial charge in [-0.25, -0.2) is 4.98 Å². The van der Waals surface area contributed by atoms with Crippen LogP contribution in [0.2, 0.25) is 0 Å². The fourth-order valence-electron chi connectivity index (χ4n) is 0.982. The summed E-state index contributed by atoms with van der Waals surface area (Å²) in [4.78, 5) is 27.1. The van der Waals surface area contributed by atoms with E-state index in [0.717, 1.165) is 0 Å². The molecule has 1 aromatic rings. The first-order valence-electron chi connectivity index (χ1n) is 4.57. The maximum Gasteiger partial charge on any atom is 0.263 e. The Kier molecular flexibility index (Phi) is 3.79. The standard InChI is InChI=1S/C9H13N3O2S/c1-4-6(13)12-9-11-5(2)7(15-9)8(14)10-3/h4H2,1-3H3,(H,10,14)(H,11,12,13). The van der Waals surface area contributed by atoms with Crippen molar-refractivity contribution in [1.82, 2.24) is 10.3 Å². The number of rotatable bonds is 3. The molecule has 2 N–H and O–H groups in total. The Hall–Kier alpha value is -1.43. The number of aryl methyl sites for hydroxylation is 1. The van der Waals surface area contributed by atoms with Gasteiger partial charge in [-0.05, 0) is 6.92 Å². The number of thiazole rings is 1. The number of nitrogens with one attached hydrogen (secondary N) is 2. The Labute approximate surface area is 91.9 Å². The van der Waals surface area contributed by atoms with Gasteiger partial charge in [-0.2, -0.15) is 0 Å². The molecule has 0 aromatic carbocycles. The Morgan fingerprint density at radius 1 is 1.47 bits per heavy atom. The maximum atomic E-state index is 11.3. The van der Waals surface area contributed by atoms with Crippen LogP contribution >= 0.6 is 11.3 Å². The van der Waals surface area contributed by atoms with Gasteiger partial charge < -0.3 is 10.6 Å². The van der Waals surface area contributed by atoms with Crippen LogP contribution in [0, 0.1) is 6.92 Å². The summed E-state index contributed by atoms with van der Waals surface area (Å²) in [6.45, 7) is 3.50. The van der Waals surface area contributed by atoms with E-state index in [2.05, 4.69) is 15.6 Å². The van der Waals surface area contributed by atoms with Crippen LogP contribution in [0.1, 0.15) is 28.7 Å². The summed E-state index contributed by atoms with van der Waals surface area (Å²) in [7, 11) is 1.56. The molecule has 1 rings (SSSR count). The second kappa shape index (κ2) is 4.88.